The maximum atomic E-state index is 9.31. The van der Waals surface area contributed by atoms with Gasteiger partial charge >= 0.3 is 0 Å². The molecule has 8 aromatic rings. The van der Waals surface area contributed by atoms with E-state index in [0.29, 0.717) is 22.1 Å². The summed E-state index contributed by atoms with van der Waals surface area (Å²) in [6.07, 6.45) is 6.67. The molecule has 0 unspecified atom stereocenters. The molecule has 4 aromatic carbocycles. The standard InChI is InChI=1S/4C9H7NO.4Zr/c4*11-8-5-1-3-7-4-2-6-10-9(7)8;;;;/h4*1-6,11H;;;;. The Balaban J connectivity index is 0.000000311. The van der Waals surface area contributed by atoms with Crippen molar-refractivity contribution in [1.82, 2.24) is 19.9 Å². The van der Waals surface area contributed by atoms with Gasteiger partial charge in [-0.05, 0) is 48.5 Å². The van der Waals surface area contributed by atoms with Crippen molar-refractivity contribution in [2.24, 2.45) is 0 Å². The minimum Gasteiger partial charge on any atom is -0.506 e. The largest absolute Gasteiger partial charge is 0.506 e. The summed E-state index contributed by atoms with van der Waals surface area (Å²) in [7, 11) is 0. The number of nitrogens with zero attached hydrogens (tertiary/aromatic N) is 4. The van der Waals surface area contributed by atoms with Gasteiger partial charge in [0.2, 0.25) is 0 Å². The minimum atomic E-state index is 0. The Morgan fingerprint density at radius 2 is 0.458 bits per heavy atom. The zero-order valence-electron chi connectivity index (χ0n) is 25.4. The first-order valence-corrected chi connectivity index (χ1v) is 13.6. The summed E-state index contributed by atoms with van der Waals surface area (Å²) < 4.78 is 0. The minimum absolute atomic E-state index is 0. The molecule has 4 heterocycles. The van der Waals surface area contributed by atoms with Crippen LogP contribution in [0.15, 0.2) is 146 Å². The molecule has 0 amide bonds. The summed E-state index contributed by atoms with van der Waals surface area (Å²) in [6, 6.07) is 36.5. The van der Waals surface area contributed by atoms with Gasteiger partial charge in [0.1, 0.15) is 45.1 Å². The van der Waals surface area contributed by atoms with Gasteiger partial charge in [0.25, 0.3) is 0 Å². The molecule has 232 valence electrons. The van der Waals surface area contributed by atoms with Crippen molar-refractivity contribution in [2.75, 3.05) is 0 Å². The second-order valence-electron chi connectivity index (χ2n) is 9.41. The molecular weight excluding hydrogens is 917 g/mol. The van der Waals surface area contributed by atoms with Crippen LogP contribution in [0.1, 0.15) is 0 Å². The second-order valence-corrected chi connectivity index (χ2v) is 9.41. The predicted molar refractivity (Wildman–Crippen MR) is 174 cm³/mol. The number of hydrogen-bond donors (Lipinski definition) is 4. The number of aromatic nitrogens is 4. The Kier molecular flexibility index (Phi) is 19.9. The van der Waals surface area contributed by atoms with Crippen LogP contribution in [0.4, 0.5) is 0 Å². The molecule has 4 N–H and O–H groups in total. The summed E-state index contributed by atoms with van der Waals surface area (Å²) in [5.74, 6) is 0.956. The molecule has 12 heteroatoms. The van der Waals surface area contributed by atoms with E-state index in [1.807, 2.05) is 72.8 Å². The molecule has 0 fully saturated rings. The molecule has 48 heavy (non-hydrogen) atoms. The quantitative estimate of drug-likeness (QED) is 0.122. The van der Waals surface area contributed by atoms with Crippen LogP contribution < -0.4 is 0 Å². The molecule has 0 atom stereocenters. The third-order valence-electron chi connectivity index (χ3n) is 6.45. The van der Waals surface area contributed by atoms with E-state index in [0.717, 1.165) is 21.5 Å². The Morgan fingerprint density at radius 3 is 0.646 bits per heavy atom. The zero-order chi connectivity index (χ0) is 30.7. The summed E-state index contributed by atoms with van der Waals surface area (Å²) in [5.41, 5.74) is 2.65. The van der Waals surface area contributed by atoms with E-state index in [1.54, 1.807) is 73.3 Å². The van der Waals surface area contributed by atoms with Crippen molar-refractivity contribution in [3.05, 3.63) is 146 Å². The number of fused-ring (bicyclic) bond motifs is 4. The van der Waals surface area contributed by atoms with E-state index >= 15 is 0 Å². The molecule has 8 rings (SSSR count). The van der Waals surface area contributed by atoms with Crippen LogP contribution in [0.3, 0.4) is 0 Å². The predicted octanol–water partition coefficient (Wildman–Crippen LogP) is 7.75. The fraction of sp³-hybridized carbons (Fsp3) is 0. The SMILES string of the molecule is Oc1cccc2cccnc12.Oc1cccc2cccnc12.Oc1cccc2cccnc12.Oc1cccc2cccnc12.[Zr].[Zr].[Zr].[Zr]. The molecule has 0 saturated carbocycles. The number of benzene rings is 4. The first kappa shape index (κ1) is 43.3. The number of para-hydroxylation sites is 4. The van der Waals surface area contributed by atoms with Crippen LogP contribution in [0.25, 0.3) is 43.6 Å². The van der Waals surface area contributed by atoms with Gasteiger partial charge in [-0.15, -0.1) is 0 Å². The van der Waals surface area contributed by atoms with Crippen LogP contribution in [-0.2, 0) is 105 Å². The molecule has 8 nitrogen and oxygen atoms in total. The first-order chi connectivity index (χ1) is 21.5. The van der Waals surface area contributed by atoms with E-state index < -0.39 is 0 Å². The maximum Gasteiger partial charge on any atom is 0.141 e. The number of phenolic OH excluding ortho intramolecular Hbond substituents is 4. The number of phenols is 4. The summed E-state index contributed by atoms with van der Waals surface area (Å²) in [6.45, 7) is 0. The van der Waals surface area contributed by atoms with Crippen molar-refractivity contribution in [2.45, 2.75) is 0 Å². The third kappa shape index (κ3) is 11.7. The molecule has 0 spiro atoms. The zero-order valence-corrected chi connectivity index (χ0v) is 35.3. The monoisotopic (exact) mass is 940 g/mol. The van der Waals surface area contributed by atoms with Crippen LogP contribution in [0.5, 0.6) is 23.0 Å². The molecule has 0 radical (unpaired) electrons. The van der Waals surface area contributed by atoms with Gasteiger partial charge in [-0.25, -0.2) is 0 Å². The number of hydrogen-bond acceptors (Lipinski definition) is 8. The average molecular weight is 946 g/mol. The Morgan fingerprint density at radius 1 is 0.271 bits per heavy atom. The maximum absolute atomic E-state index is 9.31. The van der Waals surface area contributed by atoms with Gasteiger partial charge in [0.15, 0.2) is 0 Å². The normalized spacial score (nSPS) is 9.33. The van der Waals surface area contributed by atoms with Gasteiger partial charge in [0.05, 0.1) is 0 Å². The average Bonchev–Trinajstić information content (AvgIpc) is 3.07. The van der Waals surface area contributed by atoms with E-state index in [2.05, 4.69) is 19.9 Å². The van der Waals surface area contributed by atoms with Crippen molar-refractivity contribution in [3.63, 3.8) is 0 Å². The van der Waals surface area contributed by atoms with E-state index in [1.165, 1.54) is 0 Å². The topological polar surface area (TPSA) is 132 Å². The van der Waals surface area contributed by atoms with Gasteiger partial charge in [-0.1, -0.05) is 72.8 Å². The van der Waals surface area contributed by atoms with Crippen molar-refractivity contribution in [1.29, 1.82) is 0 Å². The molecule has 4 aromatic heterocycles. The molecule has 0 aliphatic carbocycles. The van der Waals surface area contributed by atoms with Crippen LogP contribution in [0, 0.1) is 0 Å². The summed E-state index contributed by atoms with van der Waals surface area (Å²) >= 11 is 0. The Bertz CT molecular complexity index is 1840. The van der Waals surface area contributed by atoms with Crippen molar-refractivity contribution < 1.29 is 125 Å². The van der Waals surface area contributed by atoms with E-state index in [9.17, 15) is 20.4 Å². The van der Waals surface area contributed by atoms with Gasteiger partial charge in [0, 0.05) is 151 Å². The van der Waals surface area contributed by atoms with Crippen molar-refractivity contribution >= 4 is 43.6 Å². The third-order valence-corrected chi connectivity index (χ3v) is 6.45. The van der Waals surface area contributed by atoms with Gasteiger partial charge < -0.3 is 20.4 Å². The second kappa shape index (κ2) is 22.1. The smallest absolute Gasteiger partial charge is 0.141 e. The number of pyridine rings is 4. The van der Waals surface area contributed by atoms with E-state index in [4.69, 9.17) is 0 Å². The van der Waals surface area contributed by atoms with Gasteiger partial charge in [-0.2, -0.15) is 0 Å². The Labute approximate surface area is 353 Å². The van der Waals surface area contributed by atoms with Crippen LogP contribution in [0.2, 0.25) is 0 Å². The summed E-state index contributed by atoms with van der Waals surface area (Å²) in [5, 5.41) is 41.1. The molecule has 0 aliphatic rings. The fourth-order valence-corrected chi connectivity index (χ4v) is 4.35. The molecular formula is C36H28N4O4Zr4. The first-order valence-electron chi connectivity index (χ1n) is 13.6. The van der Waals surface area contributed by atoms with Crippen LogP contribution >= 0.6 is 0 Å². The van der Waals surface area contributed by atoms with Crippen LogP contribution in [-0.4, -0.2) is 40.4 Å². The van der Waals surface area contributed by atoms with Gasteiger partial charge in [-0.3, -0.25) is 19.9 Å². The molecule has 0 aliphatic heterocycles. The summed E-state index contributed by atoms with van der Waals surface area (Å²) in [4.78, 5) is 16.1. The Hall–Kier alpha value is -2.75. The fourth-order valence-electron chi connectivity index (χ4n) is 4.35. The molecule has 0 saturated heterocycles. The molecule has 0 bridgehead atoms. The number of rotatable bonds is 0. The van der Waals surface area contributed by atoms with E-state index in [-0.39, 0.29) is 128 Å². The number of aromatic hydroxyl groups is 4. The van der Waals surface area contributed by atoms with Crippen molar-refractivity contribution in [3.8, 4) is 23.0 Å².